The van der Waals surface area contributed by atoms with Gasteiger partial charge in [-0.15, -0.1) is 0 Å². The summed E-state index contributed by atoms with van der Waals surface area (Å²) < 4.78 is 16.8. The molecule has 0 aromatic carbocycles. The van der Waals surface area contributed by atoms with Crippen LogP contribution in [0.4, 0.5) is 0 Å². The maximum atomic E-state index is 12.9. The maximum Gasteiger partial charge on any atom is 0.306 e. The molecule has 0 radical (unpaired) electrons. The van der Waals surface area contributed by atoms with Gasteiger partial charge in [-0.3, -0.25) is 14.4 Å². The van der Waals surface area contributed by atoms with Gasteiger partial charge < -0.3 is 14.2 Å². The van der Waals surface area contributed by atoms with Crippen molar-refractivity contribution in [3.63, 3.8) is 0 Å². The summed E-state index contributed by atoms with van der Waals surface area (Å²) in [6.07, 6.45) is 79.6. The largest absolute Gasteiger partial charge is 0.462 e. The molecule has 0 saturated carbocycles. The third kappa shape index (κ3) is 56.9. The van der Waals surface area contributed by atoms with E-state index < -0.39 is 6.10 Å². The normalized spacial score (nSPS) is 12.9. The fourth-order valence-electron chi connectivity index (χ4n) is 7.91. The van der Waals surface area contributed by atoms with Gasteiger partial charge >= 0.3 is 17.9 Å². The minimum atomic E-state index is -0.813. The minimum Gasteiger partial charge on any atom is -0.462 e. The van der Waals surface area contributed by atoms with Gasteiger partial charge in [-0.05, 0) is 109 Å². The first-order valence-electron chi connectivity index (χ1n) is 29.4. The van der Waals surface area contributed by atoms with Gasteiger partial charge in [0.1, 0.15) is 13.2 Å². The molecule has 6 heteroatoms. The van der Waals surface area contributed by atoms with Crippen LogP contribution in [0.2, 0.25) is 0 Å². The van der Waals surface area contributed by atoms with Gasteiger partial charge in [0.15, 0.2) is 6.10 Å². The molecule has 0 aliphatic carbocycles. The van der Waals surface area contributed by atoms with Crippen molar-refractivity contribution in [1.82, 2.24) is 0 Å². The molecule has 0 amide bonds. The van der Waals surface area contributed by atoms with Crippen molar-refractivity contribution < 1.29 is 28.6 Å². The Balaban J connectivity index is 4.40. The fourth-order valence-corrected chi connectivity index (χ4v) is 7.91. The van der Waals surface area contributed by atoms with Crippen LogP contribution in [0.3, 0.4) is 0 Å². The summed E-state index contributed by atoms with van der Waals surface area (Å²) in [5, 5.41) is 0. The Bertz CT molecular complexity index is 1460. The van der Waals surface area contributed by atoms with E-state index in [4.69, 9.17) is 14.2 Å². The van der Waals surface area contributed by atoms with E-state index in [1.54, 1.807) is 0 Å². The van der Waals surface area contributed by atoms with E-state index in [-0.39, 0.29) is 37.5 Å². The van der Waals surface area contributed by atoms with Crippen LogP contribution in [0.1, 0.15) is 265 Å². The Hall–Kier alpha value is -3.93. The molecule has 0 aromatic heterocycles. The molecule has 404 valence electrons. The average Bonchev–Trinajstić information content (AvgIpc) is 3.37. The quantitative estimate of drug-likeness (QED) is 0.0261. The zero-order valence-corrected chi connectivity index (χ0v) is 46.2. The SMILES string of the molecule is CC/C=C\C/C=C\C/C=C\C/C=C\CCCCCCCCCCCCC(=O)OCC(COC(=O)CC/C=C\C/C=C\C/C=C\C/C=C\CC)OC(=O)CCCCCCCCC/C=C\CCCCCCCC. The Morgan fingerprint density at radius 1 is 0.296 bits per heavy atom. The third-order valence-corrected chi connectivity index (χ3v) is 12.3. The number of unbranched alkanes of at least 4 members (excludes halogenated alkanes) is 23. The van der Waals surface area contributed by atoms with Crippen LogP contribution in [0.5, 0.6) is 0 Å². The van der Waals surface area contributed by atoms with Crippen molar-refractivity contribution >= 4 is 17.9 Å². The summed E-state index contributed by atoms with van der Waals surface area (Å²) in [4.78, 5) is 38.1. The third-order valence-electron chi connectivity index (χ3n) is 12.3. The van der Waals surface area contributed by atoms with Crippen molar-refractivity contribution in [3.05, 3.63) is 109 Å². The number of hydrogen-bond acceptors (Lipinski definition) is 6. The number of esters is 3. The summed E-state index contributed by atoms with van der Waals surface area (Å²) in [6.45, 7) is 6.34. The van der Waals surface area contributed by atoms with Gasteiger partial charge in [-0.25, -0.2) is 0 Å². The predicted molar refractivity (Wildman–Crippen MR) is 307 cm³/mol. The van der Waals surface area contributed by atoms with E-state index in [0.717, 1.165) is 89.9 Å². The van der Waals surface area contributed by atoms with Crippen LogP contribution >= 0.6 is 0 Å². The standard InChI is InChI=1S/C65H108O6/c1-4-7-10-13-16-19-22-25-27-29-30-31-32-33-34-36-37-40-43-46-49-52-55-58-64(67)70-61-62(60-69-63(66)57-54-51-48-45-42-39-24-21-18-15-12-9-6-3)71-65(68)59-56-53-50-47-44-41-38-35-28-26-23-20-17-14-11-8-5-2/h7,9-10,12,16,18-19,21,25-28,30-31,39,42,48,51,62H,4-6,8,11,13-15,17,20,22-24,29,32-38,40-41,43-47,49-50,52-61H2,1-3H3/b10-7-,12-9-,19-16-,21-18-,27-25-,28-26-,31-30-,42-39-,51-48-. The van der Waals surface area contributed by atoms with E-state index in [1.807, 2.05) is 6.08 Å². The first kappa shape index (κ1) is 67.1. The summed E-state index contributed by atoms with van der Waals surface area (Å²) in [5.41, 5.74) is 0. The Morgan fingerprint density at radius 2 is 0.577 bits per heavy atom. The molecule has 0 bridgehead atoms. The topological polar surface area (TPSA) is 78.9 Å². The molecule has 0 aliphatic heterocycles. The van der Waals surface area contributed by atoms with Crippen LogP contribution in [-0.4, -0.2) is 37.2 Å². The minimum absolute atomic E-state index is 0.105. The number of carbonyl (C=O) groups is 3. The van der Waals surface area contributed by atoms with Crippen molar-refractivity contribution in [3.8, 4) is 0 Å². The van der Waals surface area contributed by atoms with Crippen LogP contribution in [0.25, 0.3) is 0 Å². The van der Waals surface area contributed by atoms with Crippen molar-refractivity contribution in [2.45, 2.75) is 271 Å². The molecule has 6 nitrogen and oxygen atoms in total. The van der Waals surface area contributed by atoms with Gasteiger partial charge in [0.2, 0.25) is 0 Å². The molecule has 0 spiro atoms. The highest BCUT2D eigenvalue weighted by Gasteiger charge is 2.19. The van der Waals surface area contributed by atoms with Gasteiger partial charge in [0, 0.05) is 19.3 Å². The lowest BCUT2D eigenvalue weighted by Crippen LogP contribution is -2.30. The number of hydrogen-bond donors (Lipinski definition) is 0. The van der Waals surface area contributed by atoms with Crippen LogP contribution in [0.15, 0.2) is 109 Å². The van der Waals surface area contributed by atoms with Crippen molar-refractivity contribution in [2.75, 3.05) is 13.2 Å². The van der Waals surface area contributed by atoms with E-state index in [2.05, 4.69) is 124 Å². The number of ether oxygens (including phenoxy) is 3. The monoisotopic (exact) mass is 985 g/mol. The molecule has 0 fully saturated rings. The fraction of sp³-hybridized carbons (Fsp3) is 0.677. The van der Waals surface area contributed by atoms with Gasteiger partial charge in [0.25, 0.3) is 0 Å². The molecule has 0 aliphatic rings. The lowest BCUT2D eigenvalue weighted by atomic mass is 10.1. The molecule has 1 unspecified atom stereocenters. The first-order chi connectivity index (χ1) is 35.0. The average molecular weight is 986 g/mol. The number of rotatable bonds is 52. The smallest absolute Gasteiger partial charge is 0.306 e. The lowest BCUT2D eigenvalue weighted by Gasteiger charge is -2.18. The van der Waals surface area contributed by atoms with E-state index in [9.17, 15) is 14.4 Å². The second-order valence-corrected chi connectivity index (χ2v) is 19.1. The molecule has 1 atom stereocenters. The summed E-state index contributed by atoms with van der Waals surface area (Å²) in [7, 11) is 0. The molecule has 71 heavy (non-hydrogen) atoms. The Morgan fingerprint density at radius 3 is 0.958 bits per heavy atom. The van der Waals surface area contributed by atoms with E-state index in [0.29, 0.717) is 19.3 Å². The molecule has 0 N–H and O–H groups in total. The molecule has 0 aromatic rings. The molecule has 0 heterocycles. The highest BCUT2D eigenvalue weighted by molar-refractivity contribution is 5.71. The summed E-state index contributed by atoms with van der Waals surface area (Å²) in [6, 6.07) is 0. The molecular weight excluding hydrogens is 877 g/mol. The molecule has 0 saturated heterocycles. The maximum absolute atomic E-state index is 12.9. The number of carbonyl (C=O) groups excluding carboxylic acids is 3. The van der Waals surface area contributed by atoms with E-state index in [1.165, 1.54) is 128 Å². The first-order valence-corrected chi connectivity index (χ1v) is 29.4. The zero-order valence-electron chi connectivity index (χ0n) is 46.2. The van der Waals surface area contributed by atoms with Gasteiger partial charge in [-0.2, -0.15) is 0 Å². The van der Waals surface area contributed by atoms with Crippen LogP contribution in [0, 0.1) is 0 Å². The summed E-state index contributed by atoms with van der Waals surface area (Å²) in [5.74, 6) is -0.996. The highest BCUT2D eigenvalue weighted by atomic mass is 16.6. The van der Waals surface area contributed by atoms with Gasteiger partial charge in [0.05, 0.1) is 0 Å². The predicted octanol–water partition coefficient (Wildman–Crippen LogP) is 19.9. The Kier molecular flexibility index (Phi) is 55.4. The Labute approximate surface area is 438 Å². The number of allylic oxidation sites excluding steroid dienone is 18. The van der Waals surface area contributed by atoms with Crippen molar-refractivity contribution in [2.24, 2.45) is 0 Å². The molecular formula is C65H108O6. The second kappa shape index (κ2) is 58.6. The molecule has 0 rings (SSSR count). The van der Waals surface area contributed by atoms with E-state index >= 15 is 0 Å². The summed E-state index contributed by atoms with van der Waals surface area (Å²) >= 11 is 0. The second-order valence-electron chi connectivity index (χ2n) is 19.1. The van der Waals surface area contributed by atoms with Crippen molar-refractivity contribution in [1.29, 1.82) is 0 Å². The lowest BCUT2D eigenvalue weighted by molar-refractivity contribution is -0.166. The van der Waals surface area contributed by atoms with Crippen LogP contribution < -0.4 is 0 Å². The van der Waals surface area contributed by atoms with Crippen LogP contribution in [-0.2, 0) is 28.6 Å². The zero-order chi connectivity index (χ0) is 51.4. The highest BCUT2D eigenvalue weighted by Crippen LogP contribution is 2.15. The van der Waals surface area contributed by atoms with Gasteiger partial charge in [-0.1, -0.05) is 246 Å².